The van der Waals surface area contributed by atoms with Crippen LogP contribution in [0.15, 0.2) is 54.0 Å². The van der Waals surface area contributed by atoms with Gasteiger partial charge in [0.05, 0.1) is 42.7 Å². The molecule has 0 spiro atoms. The van der Waals surface area contributed by atoms with Gasteiger partial charge in [0.25, 0.3) is 0 Å². The van der Waals surface area contributed by atoms with E-state index in [1.54, 1.807) is 18.4 Å². The third kappa shape index (κ3) is 4.04. The first-order valence-corrected chi connectivity index (χ1v) is 11.7. The van der Waals surface area contributed by atoms with E-state index >= 15 is 0 Å². The van der Waals surface area contributed by atoms with E-state index < -0.39 is 0 Å². The largest absolute Gasteiger partial charge is 0.495 e. The number of ether oxygens (including phenoxy) is 2. The van der Waals surface area contributed by atoms with Crippen molar-refractivity contribution in [3.63, 3.8) is 0 Å². The first kappa shape index (κ1) is 21.4. The fourth-order valence-corrected chi connectivity index (χ4v) is 5.26. The summed E-state index contributed by atoms with van der Waals surface area (Å²) in [5.74, 6) is 0.764. The molecule has 0 saturated carbocycles. The first-order chi connectivity index (χ1) is 16.1. The molecule has 33 heavy (non-hydrogen) atoms. The Hall–Kier alpha value is -3.47. The lowest BCUT2D eigenvalue weighted by atomic mass is 10.00. The number of benzene rings is 2. The molecule has 0 amide bonds. The zero-order valence-corrected chi connectivity index (χ0v) is 19.6. The van der Waals surface area contributed by atoms with Crippen molar-refractivity contribution < 1.29 is 9.47 Å². The molecule has 1 saturated heterocycles. The van der Waals surface area contributed by atoms with Crippen molar-refractivity contribution >= 4 is 33.1 Å². The monoisotopic (exact) mass is 456 g/mol. The van der Waals surface area contributed by atoms with Gasteiger partial charge in [0, 0.05) is 35.6 Å². The Balaban J connectivity index is 1.55. The van der Waals surface area contributed by atoms with Crippen LogP contribution >= 0.6 is 11.3 Å². The van der Waals surface area contributed by atoms with Crippen LogP contribution in [0.5, 0.6) is 5.75 Å². The SMILES string of the molecule is [C-]#[N+]c1ccc(-c2cccc3c(OC)c(-c4csc(N5C[C@@H](C)O[C@@H](C)C5)n4)cnc23)cc1. The summed E-state index contributed by atoms with van der Waals surface area (Å²) in [6.07, 6.45) is 2.21. The lowest BCUT2D eigenvalue weighted by Gasteiger charge is -2.35. The number of aromatic nitrogens is 2. The summed E-state index contributed by atoms with van der Waals surface area (Å²) in [4.78, 5) is 15.5. The minimum atomic E-state index is 0.181. The quantitative estimate of drug-likeness (QED) is 0.342. The van der Waals surface area contributed by atoms with Crippen molar-refractivity contribution in [2.24, 2.45) is 0 Å². The van der Waals surface area contributed by atoms with Crippen LogP contribution in [0.2, 0.25) is 0 Å². The molecular weight excluding hydrogens is 432 g/mol. The molecule has 2 atom stereocenters. The predicted molar refractivity (Wildman–Crippen MR) is 133 cm³/mol. The third-order valence-electron chi connectivity index (χ3n) is 5.82. The maximum atomic E-state index is 7.18. The molecule has 3 heterocycles. The highest BCUT2D eigenvalue weighted by atomic mass is 32.1. The second-order valence-corrected chi connectivity index (χ2v) is 9.08. The Kier molecular flexibility index (Phi) is 5.71. The number of nitrogens with zero attached hydrogens (tertiary/aromatic N) is 4. The molecule has 0 aliphatic carbocycles. The summed E-state index contributed by atoms with van der Waals surface area (Å²) < 4.78 is 11.7. The van der Waals surface area contributed by atoms with Crippen LogP contribution in [0.25, 0.3) is 38.1 Å². The summed E-state index contributed by atoms with van der Waals surface area (Å²) in [6, 6.07) is 13.7. The molecule has 1 fully saturated rings. The molecule has 4 aromatic rings. The van der Waals surface area contributed by atoms with Crippen LogP contribution in [0, 0.1) is 6.57 Å². The van der Waals surface area contributed by atoms with Crippen molar-refractivity contribution in [3.8, 4) is 28.1 Å². The number of anilines is 1. The van der Waals surface area contributed by atoms with Gasteiger partial charge < -0.3 is 14.4 Å². The zero-order chi connectivity index (χ0) is 22.9. The Labute approximate surface area is 197 Å². The summed E-state index contributed by atoms with van der Waals surface area (Å²) in [7, 11) is 1.69. The Bertz CT molecular complexity index is 1330. The molecule has 1 aliphatic rings. The number of methoxy groups -OCH3 is 1. The van der Waals surface area contributed by atoms with Gasteiger partial charge in [-0.15, -0.1) is 11.3 Å². The highest BCUT2D eigenvalue weighted by molar-refractivity contribution is 7.14. The van der Waals surface area contributed by atoms with E-state index in [4.69, 9.17) is 26.0 Å². The van der Waals surface area contributed by atoms with Crippen LogP contribution in [-0.4, -0.2) is 42.4 Å². The van der Waals surface area contributed by atoms with Gasteiger partial charge in [-0.25, -0.2) is 9.83 Å². The van der Waals surface area contributed by atoms with Gasteiger partial charge in [0.1, 0.15) is 5.75 Å². The minimum absolute atomic E-state index is 0.181. The average Bonchev–Trinajstić information content (AvgIpc) is 3.32. The van der Waals surface area contributed by atoms with Crippen molar-refractivity contribution in [3.05, 3.63) is 65.5 Å². The van der Waals surface area contributed by atoms with E-state index in [-0.39, 0.29) is 12.2 Å². The number of fused-ring (bicyclic) bond motifs is 1. The van der Waals surface area contributed by atoms with Crippen molar-refractivity contribution in [1.82, 2.24) is 9.97 Å². The number of thiazole rings is 1. The molecule has 2 aromatic heterocycles. The maximum absolute atomic E-state index is 7.18. The van der Waals surface area contributed by atoms with Gasteiger partial charge in [-0.1, -0.05) is 36.4 Å². The van der Waals surface area contributed by atoms with Crippen LogP contribution in [-0.2, 0) is 4.74 Å². The van der Waals surface area contributed by atoms with E-state index in [9.17, 15) is 0 Å². The summed E-state index contributed by atoms with van der Waals surface area (Å²) in [5, 5.41) is 3.99. The molecule has 1 aliphatic heterocycles. The molecule has 2 aromatic carbocycles. The van der Waals surface area contributed by atoms with Crippen molar-refractivity contribution in [2.45, 2.75) is 26.1 Å². The Morgan fingerprint density at radius 3 is 2.55 bits per heavy atom. The van der Waals surface area contributed by atoms with Gasteiger partial charge in [0.2, 0.25) is 0 Å². The number of morpholine rings is 1. The second kappa shape index (κ2) is 8.81. The van der Waals surface area contributed by atoms with Gasteiger partial charge in [-0.3, -0.25) is 4.98 Å². The molecule has 0 bridgehead atoms. The van der Waals surface area contributed by atoms with Gasteiger partial charge >= 0.3 is 0 Å². The van der Waals surface area contributed by atoms with Crippen LogP contribution < -0.4 is 9.64 Å². The van der Waals surface area contributed by atoms with Crippen LogP contribution in [0.4, 0.5) is 10.8 Å². The highest BCUT2D eigenvalue weighted by Crippen LogP contribution is 2.40. The number of hydrogen-bond donors (Lipinski definition) is 0. The molecular formula is C26H24N4O2S. The minimum Gasteiger partial charge on any atom is -0.495 e. The lowest BCUT2D eigenvalue weighted by Crippen LogP contribution is -2.45. The maximum Gasteiger partial charge on any atom is 0.187 e. The lowest BCUT2D eigenvalue weighted by molar-refractivity contribution is -0.00522. The molecule has 5 rings (SSSR count). The smallest absolute Gasteiger partial charge is 0.187 e. The van der Waals surface area contributed by atoms with Crippen molar-refractivity contribution in [2.75, 3.05) is 25.1 Å². The molecule has 166 valence electrons. The second-order valence-electron chi connectivity index (χ2n) is 8.24. The van der Waals surface area contributed by atoms with Gasteiger partial charge in [0.15, 0.2) is 10.8 Å². The van der Waals surface area contributed by atoms with E-state index in [0.717, 1.165) is 57.3 Å². The van der Waals surface area contributed by atoms with Gasteiger partial charge in [-0.2, -0.15) is 0 Å². The average molecular weight is 457 g/mol. The fourth-order valence-electron chi connectivity index (χ4n) is 4.42. The third-order valence-corrected chi connectivity index (χ3v) is 6.72. The first-order valence-electron chi connectivity index (χ1n) is 10.9. The zero-order valence-electron chi connectivity index (χ0n) is 18.8. The summed E-state index contributed by atoms with van der Waals surface area (Å²) >= 11 is 1.63. The highest BCUT2D eigenvalue weighted by Gasteiger charge is 2.25. The summed E-state index contributed by atoms with van der Waals surface area (Å²) in [6.45, 7) is 13.0. The number of pyridine rings is 1. The molecule has 0 radical (unpaired) electrons. The predicted octanol–water partition coefficient (Wildman–Crippen LogP) is 6.20. The number of hydrogen-bond acceptors (Lipinski definition) is 6. The summed E-state index contributed by atoms with van der Waals surface area (Å²) in [5.41, 5.74) is 5.24. The van der Waals surface area contributed by atoms with Crippen LogP contribution in [0.3, 0.4) is 0 Å². The van der Waals surface area contributed by atoms with Crippen molar-refractivity contribution in [1.29, 1.82) is 0 Å². The van der Waals surface area contributed by atoms with E-state index in [2.05, 4.69) is 29.0 Å². The Morgan fingerprint density at radius 1 is 1.09 bits per heavy atom. The topological polar surface area (TPSA) is 51.8 Å². The van der Waals surface area contributed by atoms with E-state index in [1.165, 1.54) is 0 Å². The normalized spacial score (nSPS) is 18.3. The fraction of sp³-hybridized carbons (Fsp3) is 0.269. The van der Waals surface area contributed by atoms with E-state index in [1.807, 2.05) is 48.7 Å². The molecule has 6 nitrogen and oxygen atoms in total. The van der Waals surface area contributed by atoms with E-state index in [0.29, 0.717) is 5.69 Å². The molecule has 7 heteroatoms. The molecule has 0 N–H and O–H groups in total. The standard InChI is InChI=1S/C26H24N4O2S/c1-16-13-30(14-17(2)32-16)26-29-23(15-33-26)22-12-28-24-20(6-5-7-21(24)25(22)31-4)18-8-10-19(27-3)11-9-18/h5-12,15-17H,13-14H2,1-2,4H3/t16-,17+. The number of para-hydroxylation sites is 1. The number of rotatable bonds is 4. The van der Waals surface area contributed by atoms with Crippen LogP contribution in [0.1, 0.15) is 13.8 Å². The van der Waals surface area contributed by atoms with Gasteiger partial charge in [-0.05, 0) is 25.5 Å². The Morgan fingerprint density at radius 2 is 1.85 bits per heavy atom. The molecule has 0 unspecified atom stereocenters.